The van der Waals surface area contributed by atoms with E-state index in [1.807, 2.05) is 11.8 Å². The van der Waals surface area contributed by atoms with Gasteiger partial charge in [0, 0.05) is 43.5 Å². The number of nitrogens with zero attached hydrogens (tertiary/aromatic N) is 5. The molecule has 0 unspecified atom stereocenters. The summed E-state index contributed by atoms with van der Waals surface area (Å²) < 4.78 is 16.4. The molecule has 3 aliphatic rings. The molecule has 2 aromatic heterocycles. The van der Waals surface area contributed by atoms with Crippen molar-refractivity contribution in [3.05, 3.63) is 35.0 Å². The van der Waals surface area contributed by atoms with Gasteiger partial charge in [-0.05, 0) is 13.3 Å². The Kier molecular flexibility index (Phi) is 4.28. The molecule has 28 heavy (non-hydrogen) atoms. The highest BCUT2D eigenvalue weighted by atomic mass is 16.5. The Hall–Kier alpha value is -2.52. The van der Waals surface area contributed by atoms with E-state index in [4.69, 9.17) is 24.0 Å². The summed E-state index contributed by atoms with van der Waals surface area (Å²) in [7, 11) is 0. The van der Waals surface area contributed by atoms with Gasteiger partial charge >= 0.3 is 0 Å². The van der Waals surface area contributed by atoms with E-state index in [-0.39, 0.29) is 17.1 Å². The standard InChI is InChI=1S/C19H23N5O4/c1-13-14-10-27-12-19(3-5-24(11-19)17(25)15-2-4-20-28-15)16(14)22-18(21-13)23-6-8-26-9-7-23/h2,4H,3,5-12H2,1H3/t19-/m1/s1. The van der Waals surface area contributed by atoms with Crippen molar-refractivity contribution in [2.75, 3.05) is 50.9 Å². The van der Waals surface area contributed by atoms with Crippen molar-refractivity contribution < 1.29 is 18.8 Å². The van der Waals surface area contributed by atoms with E-state index >= 15 is 0 Å². The molecule has 0 aliphatic carbocycles. The summed E-state index contributed by atoms with van der Waals surface area (Å²) in [6.07, 6.45) is 2.29. The summed E-state index contributed by atoms with van der Waals surface area (Å²) in [5.41, 5.74) is 2.72. The van der Waals surface area contributed by atoms with Gasteiger partial charge in [0.1, 0.15) is 0 Å². The van der Waals surface area contributed by atoms with Gasteiger partial charge in [0.25, 0.3) is 5.91 Å². The zero-order valence-electron chi connectivity index (χ0n) is 15.9. The number of hydrogen-bond donors (Lipinski definition) is 0. The number of likely N-dealkylation sites (tertiary alicyclic amines) is 1. The molecule has 2 saturated heterocycles. The molecule has 9 nitrogen and oxygen atoms in total. The lowest BCUT2D eigenvalue weighted by Gasteiger charge is -2.36. The monoisotopic (exact) mass is 385 g/mol. The number of anilines is 1. The normalized spacial score (nSPS) is 24.6. The quantitative estimate of drug-likeness (QED) is 0.754. The Labute approximate surface area is 162 Å². The number of amides is 1. The molecule has 2 fully saturated rings. The molecule has 1 atom stereocenters. The number of rotatable bonds is 2. The van der Waals surface area contributed by atoms with Gasteiger partial charge in [-0.2, -0.15) is 0 Å². The minimum absolute atomic E-state index is 0.138. The predicted octanol–water partition coefficient (Wildman–Crippen LogP) is 0.924. The van der Waals surface area contributed by atoms with E-state index in [0.717, 1.165) is 42.4 Å². The number of fused-ring (bicyclic) bond motifs is 2. The Bertz CT molecular complexity index is 881. The zero-order valence-corrected chi connectivity index (χ0v) is 15.9. The molecule has 5 heterocycles. The van der Waals surface area contributed by atoms with Crippen LogP contribution in [0.25, 0.3) is 0 Å². The van der Waals surface area contributed by atoms with Gasteiger partial charge in [-0.1, -0.05) is 5.16 Å². The maximum atomic E-state index is 12.7. The van der Waals surface area contributed by atoms with Crippen LogP contribution < -0.4 is 4.90 Å². The third kappa shape index (κ3) is 2.85. The summed E-state index contributed by atoms with van der Waals surface area (Å²) >= 11 is 0. The second-order valence-corrected chi connectivity index (χ2v) is 7.66. The maximum Gasteiger partial charge on any atom is 0.292 e. The van der Waals surface area contributed by atoms with Crippen molar-refractivity contribution in [2.24, 2.45) is 0 Å². The molecule has 0 radical (unpaired) electrons. The Morgan fingerprint density at radius 3 is 2.82 bits per heavy atom. The number of carbonyl (C=O) groups is 1. The highest BCUT2D eigenvalue weighted by Crippen LogP contribution is 2.40. The topological polar surface area (TPSA) is 93.8 Å². The van der Waals surface area contributed by atoms with Crippen LogP contribution in [-0.2, 0) is 21.5 Å². The molecule has 1 amide bonds. The number of hydrogen-bond acceptors (Lipinski definition) is 8. The van der Waals surface area contributed by atoms with Crippen LogP contribution in [0.4, 0.5) is 5.95 Å². The summed E-state index contributed by atoms with van der Waals surface area (Å²) in [4.78, 5) is 26.4. The summed E-state index contributed by atoms with van der Waals surface area (Å²) in [5.74, 6) is 0.878. The second-order valence-electron chi connectivity index (χ2n) is 7.66. The van der Waals surface area contributed by atoms with E-state index in [9.17, 15) is 4.79 Å². The molecule has 148 valence electrons. The SMILES string of the molecule is Cc1nc(N2CCOCC2)nc2c1COC[C@]21CCN(C(=O)c2ccno2)C1. The van der Waals surface area contributed by atoms with Gasteiger partial charge in [0.15, 0.2) is 0 Å². The van der Waals surface area contributed by atoms with Gasteiger partial charge in [0.2, 0.25) is 11.7 Å². The summed E-state index contributed by atoms with van der Waals surface area (Å²) in [6, 6.07) is 1.60. The van der Waals surface area contributed by atoms with E-state index < -0.39 is 0 Å². The van der Waals surface area contributed by atoms with E-state index in [2.05, 4.69) is 10.1 Å². The second kappa shape index (κ2) is 6.82. The van der Waals surface area contributed by atoms with Gasteiger partial charge in [-0.15, -0.1) is 0 Å². The van der Waals surface area contributed by atoms with Crippen molar-refractivity contribution in [1.82, 2.24) is 20.0 Å². The highest BCUT2D eigenvalue weighted by molar-refractivity contribution is 5.91. The molecule has 0 aromatic carbocycles. The molecule has 0 N–H and O–H groups in total. The fourth-order valence-electron chi connectivity index (χ4n) is 4.35. The Morgan fingerprint density at radius 1 is 1.18 bits per heavy atom. The minimum atomic E-state index is -0.308. The van der Waals surface area contributed by atoms with E-state index in [0.29, 0.717) is 39.5 Å². The number of carbonyl (C=O) groups excluding carboxylic acids is 1. The molecule has 3 aliphatic heterocycles. The molecule has 5 rings (SSSR count). The summed E-state index contributed by atoms with van der Waals surface area (Å²) in [5, 5.41) is 3.65. The van der Waals surface area contributed by atoms with Crippen LogP contribution in [-0.4, -0.2) is 71.9 Å². The highest BCUT2D eigenvalue weighted by Gasteiger charge is 2.47. The van der Waals surface area contributed by atoms with Crippen LogP contribution in [0, 0.1) is 6.92 Å². The van der Waals surface area contributed by atoms with Crippen molar-refractivity contribution >= 4 is 11.9 Å². The van der Waals surface area contributed by atoms with Gasteiger partial charge in [-0.3, -0.25) is 4.79 Å². The van der Waals surface area contributed by atoms with E-state index in [1.165, 1.54) is 6.20 Å². The average molecular weight is 385 g/mol. The molecular weight excluding hydrogens is 362 g/mol. The van der Waals surface area contributed by atoms with Crippen LogP contribution in [0.1, 0.15) is 33.9 Å². The first-order valence-corrected chi connectivity index (χ1v) is 9.65. The lowest BCUT2D eigenvalue weighted by atomic mass is 9.80. The molecule has 1 spiro atoms. The van der Waals surface area contributed by atoms with E-state index in [1.54, 1.807) is 6.07 Å². The Balaban J connectivity index is 1.48. The number of aryl methyl sites for hydroxylation is 1. The smallest absolute Gasteiger partial charge is 0.292 e. The average Bonchev–Trinajstić information content (AvgIpc) is 3.40. The van der Waals surface area contributed by atoms with Crippen molar-refractivity contribution in [3.63, 3.8) is 0 Å². The van der Waals surface area contributed by atoms with Gasteiger partial charge in [-0.25, -0.2) is 9.97 Å². The van der Waals surface area contributed by atoms with Crippen molar-refractivity contribution in [3.8, 4) is 0 Å². The van der Waals surface area contributed by atoms with Gasteiger partial charge < -0.3 is 23.8 Å². The third-order valence-electron chi connectivity index (χ3n) is 5.91. The molecule has 2 aromatic rings. The van der Waals surface area contributed by atoms with Crippen LogP contribution in [0.2, 0.25) is 0 Å². The molecule has 0 bridgehead atoms. The number of ether oxygens (including phenoxy) is 2. The predicted molar refractivity (Wildman–Crippen MR) is 98.2 cm³/mol. The molecule has 0 saturated carbocycles. The zero-order chi connectivity index (χ0) is 19.1. The van der Waals surface area contributed by atoms with Crippen LogP contribution in [0.3, 0.4) is 0 Å². The molecule has 9 heteroatoms. The maximum absolute atomic E-state index is 12.7. The number of morpholine rings is 1. The van der Waals surface area contributed by atoms with Gasteiger partial charge in [0.05, 0.1) is 43.7 Å². The lowest BCUT2D eigenvalue weighted by molar-refractivity contribution is 0.0472. The third-order valence-corrected chi connectivity index (χ3v) is 5.91. The van der Waals surface area contributed by atoms with Crippen molar-refractivity contribution in [1.29, 1.82) is 0 Å². The first kappa shape index (κ1) is 17.6. The molecular formula is C19H23N5O4. The van der Waals surface area contributed by atoms with Crippen molar-refractivity contribution in [2.45, 2.75) is 25.4 Å². The summed E-state index contributed by atoms with van der Waals surface area (Å²) in [6.45, 7) is 7.23. The van der Waals surface area contributed by atoms with Crippen LogP contribution in [0.15, 0.2) is 16.8 Å². The minimum Gasteiger partial charge on any atom is -0.378 e. The lowest BCUT2D eigenvalue weighted by Crippen LogP contribution is -2.43. The first-order chi connectivity index (χ1) is 13.7. The largest absolute Gasteiger partial charge is 0.378 e. The fourth-order valence-corrected chi connectivity index (χ4v) is 4.35. The Morgan fingerprint density at radius 2 is 2.04 bits per heavy atom. The van der Waals surface area contributed by atoms with Crippen LogP contribution in [0.5, 0.6) is 0 Å². The number of aromatic nitrogens is 3. The first-order valence-electron chi connectivity index (χ1n) is 9.65. The fraction of sp³-hybridized carbons (Fsp3) is 0.579. The van der Waals surface area contributed by atoms with Crippen LogP contribution >= 0.6 is 0 Å².